The van der Waals surface area contributed by atoms with Crippen LogP contribution in [0.15, 0.2) is 54.6 Å². The highest BCUT2D eigenvalue weighted by Crippen LogP contribution is 2.40. The lowest BCUT2D eigenvalue weighted by molar-refractivity contribution is 0.177. The van der Waals surface area contributed by atoms with Gasteiger partial charge in [-0.3, -0.25) is 0 Å². The average Bonchev–Trinajstić information content (AvgIpc) is 2.61. The van der Waals surface area contributed by atoms with Gasteiger partial charge in [-0.1, -0.05) is 73.0 Å². The third-order valence-electron chi connectivity index (χ3n) is 5.10. The second-order valence-corrected chi connectivity index (χ2v) is 6.77. The van der Waals surface area contributed by atoms with Gasteiger partial charge in [0, 0.05) is 17.6 Å². The third-order valence-corrected chi connectivity index (χ3v) is 5.43. The standard InChI is InChI=1S/C20H25ClN2.2ClH/c1-22-20(17-11-5-6-12-18(17)21)14-8-7-13-19(20)23-15-16-9-3-2-4-10-16;;/h2-6,9-12,19,22-23H,7-8,13-15H2,1H3;2*1H/t19-,20-;;/m1../s1. The summed E-state index contributed by atoms with van der Waals surface area (Å²) in [5.74, 6) is 0. The molecule has 1 aliphatic carbocycles. The second-order valence-electron chi connectivity index (χ2n) is 6.37. The van der Waals surface area contributed by atoms with Gasteiger partial charge in [-0.25, -0.2) is 0 Å². The molecule has 2 atom stereocenters. The minimum atomic E-state index is -0.0919. The van der Waals surface area contributed by atoms with E-state index in [4.69, 9.17) is 11.6 Å². The van der Waals surface area contributed by atoms with Crippen molar-refractivity contribution in [1.29, 1.82) is 0 Å². The summed E-state index contributed by atoms with van der Waals surface area (Å²) in [6.45, 7) is 0.888. The summed E-state index contributed by atoms with van der Waals surface area (Å²) in [6, 6.07) is 19.2. The molecular formula is C20H27Cl3N2. The molecule has 0 spiro atoms. The predicted molar refractivity (Wildman–Crippen MR) is 112 cm³/mol. The zero-order valence-electron chi connectivity index (χ0n) is 14.5. The first-order valence-corrected chi connectivity index (χ1v) is 8.85. The van der Waals surface area contributed by atoms with E-state index in [1.807, 2.05) is 12.1 Å². The van der Waals surface area contributed by atoms with Gasteiger partial charge in [0.1, 0.15) is 0 Å². The fraction of sp³-hybridized carbons (Fsp3) is 0.400. The summed E-state index contributed by atoms with van der Waals surface area (Å²) < 4.78 is 0. The van der Waals surface area contributed by atoms with Crippen molar-refractivity contribution in [2.24, 2.45) is 0 Å². The fourth-order valence-corrected chi connectivity index (χ4v) is 4.17. The van der Waals surface area contributed by atoms with E-state index in [0.29, 0.717) is 6.04 Å². The highest BCUT2D eigenvalue weighted by Gasteiger charge is 2.41. The molecule has 0 saturated heterocycles. The van der Waals surface area contributed by atoms with Crippen molar-refractivity contribution >= 4 is 36.4 Å². The summed E-state index contributed by atoms with van der Waals surface area (Å²) in [5, 5.41) is 8.25. The SMILES string of the molecule is CN[C@@]1(c2ccccc2Cl)CCCC[C@H]1NCc1ccccc1.Cl.Cl. The number of rotatable bonds is 5. The fourth-order valence-electron chi connectivity index (χ4n) is 3.87. The van der Waals surface area contributed by atoms with E-state index in [1.54, 1.807) is 0 Å². The zero-order chi connectivity index (χ0) is 16.1. The zero-order valence-corrected chi connectivity index (χ0v) is 16.9. The van der Waals surface area contributed by atoms with Crippen LogP contribution in [0.2, 0.25) is 5.02 Å². The molecule has 3 rings (SSSR count). The van der Waals surface area contributed by atoms with Gasteiger partial charge < -0.3 is 10.6 Å². The van der Waals surface area contributed by atoms with Crippen molar-refractivity contribution < 1.29 is 0 Å². The van der Waals surface area contributed by atoms with Gasteiger partial charge >= 0.3 is 0 Å². The number of nitrogens with one attached hydrogen (secondary N) is 2. The first-order chi connectivity index (χ1) is 11.3. The Balaban J connectivity index is 0.00000156. The van der Waals surface area contributed by atoms with E-state index in [1.165, 1.54) is 30.4 Å². The van der Waals surface area contributed by atoms with Gasteiger partial charge in [-0.2, -0.15) is 0 Å². The van der Waals surface area contributed by atoms with Crippen molar-refractivity contribution in [1.82, 2.24) is 10.6 Å². The number of likely N-dealkylation sites (N-methyl/N-ethyl adjacent to an activating group) is 1. The van der Waals surface area contributed by atoms with Crippen LogP contribution in [0.1, 0.15) is 36.8 Å². The largest absolute Gasteiger partial charge is 0.309 e. The highest BCUT2D eigenvalue weighted by molar-refractivity contribution is 6.31. The first-order valence-electron chi connectivity index (χ1n) is 8.47. The summed E-state index contributed by atoms with van der Waals surface area (Å²) in [5.41, 5.74) is 2.45. The van der Waals surface area contributed by atoms with Gasteiger partial charge in [0.2, 0.25) is 0 Å². The minimum Gasteiger partial charge on any atom is -0.309 e. The molecule has 0 unspecified atom stereocenters. The Hall–Kier alpha value is -0.770. The van der Waals surface area contributed by atoms with Gasteiger partial charge in [0.05, 0.1) is 5.54 Å². The van der Waals surface area contributed by atoms with Gasteiger partial charge in [0.25, 0.3) is 0 Å². The molecular weight excluding hydrogens is 375 g/mol. The number of halogens is 3. The Morgan fingerprint density at radius 2 is 1.68 bits per heavy atom. The number of hydrogen-bond acceptors (Lipinski definition) is 2. The summed E-state index contributed by atoms with van der Waals surface area (Å²) >= 11 is 6.54. The van der Waals surface area contributed by atoms with E-state index in [2.05, 4.69) is 60.1 Å². The van der Waals surface area contributed by atoms with Crippen molar-refractivity contribution in [3.63, 3.8) is 0 Å². The van der Waals surface area contributed by atoms with E-state index in [-0.39, 0.29) is 30.4 Å². The highest BCUT2D eigenvalue weighted by atomic mass is 35.5. The predicted octanol–water partition coefficient (Wildman–Crippen LogP) is 5.33. The van der Waals surface area contributed by atoms with Gasteiger partial charge in [0.15, 0.2) is 0 Å². The van der Waals surface area contributed by atoms with Crippen LogP contribution < -0.4 is 10.6 Å². The Kier molecular flexibility index (Phi) is 9.26. The van der Waals surface area contributed by atoms with Gasteiger partial charge in [-0.15, -0.1) is 24.8 Å². The lowest BCUT2D eigenvalue weighted by atomic mass is 9.72. The Labute approximate surface area is 168 Å². The molecule has 2 aromatic rings. The summed E-state index contributed by atoms with van der Waals surface area (Å²) in [7, 11) is 2.06. The molecule has 0 heterocycles. The topological polar surface area (TPSA) is 24.1 Å². The lowest BCUT2D eigenvalue weighted by Crippen LogP contribution is -2.57. The second kappa shape index (κ2) is 10.4. The lowest BCUT2D eigenvalue weighted by Gasteiger charge is -2.45. The third kappa shape index (κ3) is 4.90. The smallest absolute Gasteiger partial charge is 0.0602 e. The van der Waals surface area contributed by atoms with Crippen LogP contribution in [0.25, 0.3) is 0 Å². The molecule has 0 aliphatic heterocycles. The molecule has 0 amide bonds. The van der Waals surface area contributed by atoms with E-state index < -0.39 is 0 Å². The molecule has 138 valence electrons. The maximum atomic E-state index is 6.54. The maximum absolute atomic E-state index is 6.54. The average molecular weight is 402 g/mol. The molecule has 25 heavy (non-hydrogen) atoms. The Bertz CT molecular complexity index is 636. The molecule has 2 nitrogen and oxygen atoms in total. The van der Waals surface area contributed by atoms with Gasteiger partial charge in [-0.05, 0) is 37.1 Å². The van der Waals surface area contributed by atoms with E-state index >= 15 is 0 Å². The van der Waals surface area contributed by atoms with Crippen molar-refractivity contribution in [2.45, 2.75) is 43.8 Å². The molecule has 2 N–H and O–H groups in total. The van der Waals surface area contributed by atoms with Crippen LogP contribution in [-0.4, -0.2) is 13.1 Å². The maximum Gasteiger partial charge on any atom is 0.0602 e. The van der Waals surface area contributed by atoms with Crippen LogP contribution in [0, 0.1) is 0 Å². The van der Waals surface area contributed by atoms with Crippen LogP contribution in [-0.2, 0) is 12.1 Å². The normalized spacial score (nSPS) is 22.6. The number of benzene rings is 2. The molecule has 5 heteroatoms. The number of hydrogen-bond donors (Lipinski definition) is 2. The monoisotopic (exact) mass is 400 g/mol. The molecule has 2 aromatic carbocycles. The van der Waals surface area contributed by atoms with Crippen LogP contribution >= 0.6 is 36.4 Å². The van der Waals surface area contributed by atoms with Crippen LogP contribution in [0.3, 0.4) is 0 Å². The molecule has 0 bridgehead atoms. The van der Waals surface area contributed by atoms with E-state index in [9.17, 15) is 0 Å². The molecule has 1 aliphatic rings. The first kappa shape index (κ1) is 22.3. The molecule has 1 saturated carbocycles. The van der Waals surface area contributed by atoms with E-state index in [0.717, 1.165) is 18.0 Å². The van der Waals surface area contributed by atoms with Crippen molar-refractivity contribution in [3.05, 3.63) is 70.7 Å². The van der Waals surface area contributed by atoms with Crippen LogP contribution in [0.5, 0.6) is 0 Å². The Morgan fingerprint density at radius 1 is 1.00 bits per heavy atom. The quantitative estimate of drug-likeness (QED) is 0.707. The van der Waals surface area contributed by atoms with Crippen molar-refractivity contribution in [3.8, 4) is 0 Å². The van der Waals surface area contributed by atoms with Crippen molar-refractivity contribution in [2.75, 3.05) is 7.05 Å². The molecule has 0 radical (unpaired) electrons. The van der Waals surface area contributed by atoms with Crippen LogP contribution in [0.4, 0.5) is 0 Å². The summed E-state index contributed by atoms with van der Waals surface area (Å²) in [4.78, 5) is 0. The summed E-state index contributed by atoms with van der Waals surface area (Å²) in [6.07, 6.45) is 4.77. The Morgan fingerprint density at radius 3 is 2.36 bits per heavy atom. The minimum absolute atomic E-state index is 0. The molecule has 0 aromatic heterocycles. The molecule has 1 fully saturated rings.